The molecule has 5 nitrogen and oxygen atoms in total. The highest BCUT2D eigenvalue weighted by Gasteiger charge is 2.23. The molecule has 1 saturated carbocycles. The van der Waals surface area contributed by atoms with Crippen LogP contribution in [0.25, 0.3) is 0 Å². The van der Waals surface area contributed by atoms with E-state index >= 15 is 0 Å². The summed E-state index contributed by atoms with van der Waals surface area (Å²) in [4.78, 5) is 9.11. The van der Waals surface area contributed by atoms with Crippen LogP contribution in [0.15, 0.2) is 4.99 Å². The Kier molecular flexibility index (Phi) is 4.83. The molecule has 0 amide bonds. The van der Waals surface area contributed by atoms with Crippen molar-refractivity contribution >= 4 is 5.96 Å². The van der Waals surface area contributed by atoms with E-state index in [1.807, 2.05) is 7.05 Å². The normalized spacial score (nSPS) is 27.3. The van der Waals surface area contributed by atoms with Crippen LogP contribution in [0.5, 0.6) is 0 Å². The Morgan fingerprint density at radius 3 is 2.56 bits per heavy atom. The number of piperazine rings is 1. The summed E-state index contributed by atoms with van der Waals surface area (Å²) < 4.78 is 0. The lowest BCUT2D eigenvalue weighted by Crippen LogP contribution is -2.55. The van der Waals surface area contributed by atoms with Gasteiger partial charge in [0.15, 0.2) is 5.96 Å². The van der Waals surface area contributed by atoms with Crippen LogP contribution in [0.3, 0.4) is 0 Å². The van der Waals surface area contributed by atoms with Crippen molar-refractivity contribution in [3.05, 3.63) is 0 Å². The van der Waals surface area contributed by atoms with Crippen LogP contribution in [-0.4, -0.2) is 75.7 Å². The third-order valence-electron chi connectivity index (χ3n) is 3.96. The molecule has 1 heterocycles. The first-order chi connectivity index (χ1) is 8.69. The third kappa shape index (κ3) is 4.14. The average molecular weight is 253 g/mol. The Bertz CT molecular complexity index is 287. The Morgan fingerprint density at radius 1 is 1.17 bits per heavy atom. The molecule has 0 radical (unpaired) electrons. The van der Waals surface area contributed by atoms with Gasteiger partial charge in [-0.25, -0.2) is 0 Å². The summed E-state index contributed by atoms with van der Waals surface area (Å²) in [6, 6.07) is 0.572. The minimum absolute atomic E-state index is 0.572. The van der Waals surface area contributed by atoms with Crippen molar-refractivity contribution in [2.24, 2.45) is 10.9 Å². The molecule has 104 valence electrons. The van der Waals surface area contributed by atoms with E-state index in [9.17, 15) is 0 Å². The van der Waals surface area contributed by atoms with Crippen LogP contribution < -0.4 is 10.6 Å². The van der Waals surface area contributed by atoms with Crippen LogP contribution >= 0.6 is 0 Å². The third-order valence-corrected chi connectivity index (χ3v) is 3.96. The topological polar surface area (TPSA) is 42.9 Å². The highest BCUT2D eigenvalue weighted by molar-refractivity contribution is 5.79. The molecular formula is C13H27N5. The van der Waals surface area contributed by atoms with Gasteiger partial charge in [-0.3, -0.25) is 9.89 Å². The number of rotatable bonds is 4. The Balaban J connectivity index is 1.70. The summed E-state index contributed by atoms with van der Waals surface area (Å²) >= 11 is 0. The summed E-state index contributed by atoms with van der Waals surface area (Å²) in [5, 5.41) is 6.85. The summed E-state index contributed by atoms with van der Waals surface area (Å²) in [7, 11) is 6.25. The summed E-state index contributed by atoms with van der Waals surface area (Å²) in [6.07, 6.45) is 2.75. The van der Waals surface area contributed by atoms with Crippen LogP contribution in [0.1, 0.15) is 12.8 Å². The molecule has 18 heavy (non-hydrogen) atoms. The van der Waals surface area contributed by atoms with Crippen LogP contribution in [0, 0.1) is 5.92 Å². The summed E-state index contributed by atoms with van der Waals surface area (Å²) in [6.45, 7) is 5.48. The first kappa shape index (κ1) is 13.6. The zero-order valence-electron chi connectivity index (χ0n) is 11.9. The Labute approximate surface area is 111 Å². The molecule has 1 unspecified atom stereocenters. The number of nitrogens with one attached hydrogen (secondary N) is 2. The Morgan fingerprint density at radius 2 is 1.89 bits per heavy atom. The van der Waals surface area contributed by atoms with Crippen molar-refractivity contribution < 1.29 is 0 Å². The van der Waals surface area contributed by atoms with E-state index in [1.54, 1.807) is 0 Å². The molecule has 0 bridgehead atoms. The largest absolute Gasteiger partial charge is 0.356 e. The average Bonchev–Trinajstić information content (AvgIpc) is 3.17. The molecule has 0 aromatic heterocycles. The second-order valence-electron chi connectivity index (χ2n) is 5.67. The number of hydrogen-bond donors (Lipinski definition) is 2. The molecule has 0 aromatic carbocycles. The minimum Gasteiger partial charge on any atom is -0.356 e. The minimum atomic E-state index is 0.572. The number of nitrogens with zero attached hydrogens (tertiary/aromatic N) is 3. The van der Waals surface area contributed by atoms with Gasteiger partial charge in [0, 0.05) is 45.8 Å². The lowest BCUT2D eigenvalue weighted by Gasteiger charge is -2.37. The fourth-order valence-corrected chi connectivity index (χ4v) is 2.32. The maximum absolute atomic E-state index is 4.28. The van der Waals surface area contributed by atoms with E-state index in [2.05, 4.69) is 39.5 Å². The van der Waals surface area contributed by atoms with Crippen molar-refractivity contribution in [2.45, 2.75) is 18.9 Å². The van der Waals surface area contributed by atoms with Gasteiger partial charge >= 0.3 is 0 Å². The molecular weight excluding hydrogens is 226 g/mol. The van der Waals surface area contributed by atoms with Crippen LogP contribution in [0.4, 0.5) is 0 Å². The van der Waals surface area contributed by atoms with Crippen LogP contribution in [0.2, 0.25) is 0 Å². The molecule has 2 fully saturated rings. The molecule has 1 aliphatic heterocycles. The summed E-state index contributed by atoms with van der Waals surface area (Å²) in [5.41, 5.74) is 0. The Hall–Kier alpha value is -0.810. The molecule has 1 saturated heterocycles. The van der Waals surface area contributed by atoms with Crippen LogP contribution in [-0.2, 0) is 0 Å². The highest BCUT2D eigenvalue weighted by atomic mass is 15.3. The van der Waals surface area contributed by atoms with Gasteiger partial charge in [0.1, 0.15) is 0 Å². The number of guanidine groups is 1. The zero-order chi connectivity index (χ0) is 13.0. The SMILES string of the molecule is CN=C(NCC1CC1)NCC1CN(C)CCN1C. The van der Waals surface area contributed by atoms with E-state index in [0.29, 0.717) is 6.04 Å². The maximum atomic E-state index is 4.28. The number of aliphatic imine (C=N–C) groups is 1. The van der Waals surface area contributed by atoms with Crippen molar-refractivity contribution in [3.63, 3.8) is 0 Å². The standard InChI is InChI=1S/C13H27N5/c1-14-13(15-8-11-4-5-11)16-9-12-10-17(2)6-7-18(12)3/h11-12H,4-10H2,1-3H3,(H2,14,15,16). The predicted octanol–water partition coefficient (Wildman–Crippen LogP) is -0.193. The second-order valence-corrected chi connectivity index (χ2v) is 5.67. The van der Waals surface area contributed by atoms with Crippen molar-refractivity contribution in [3.8, 4) is 0 Å². The van der Waals surface area contributed by atoms with E-state index < -0.39 is 0 Å². The summed E-state index contributed by atoms with van der Waals surface area (Å²) in [5.74, 6) is 1.83. The highest BCUT2D eigenvalue weighted by Crippen LogP contribution is 2.27. The maximum Gasteiger partial charge on any atom is 0.191 e. The molecule has 0 aromatic rings. The van der Waals surface area contributed by atoms with Gasteiger partial charge in [-0.15, -0.1) is 0 Å². The smallest absolute Gasteiger partial charge is 0.191 e. The first-order valence-electron chi connectivity index (χ1n) is 7.02. The number of likely N-dealkylation sites (N-methyl/N-ethyl adjacent to an activating group) is 2. The van der Waals surface area contributed by atoms with Gasteiger partial charge in [0.05, 0.1) is 0 Å². The quantitative estimate of drug-likeness (QED) is 0.538. The zero-order valence-corrected chi connectivity index (χ0v) is 11.9. The number of hydrogen-bond acceptors (Lipinski definition) is 3. The fourth-order valence-electron chi connectivity index (χ4n) is 2.32. The molecule has 2 rings (SSSR count). The van der Waals surface area contributed by atoms with E-state index in [0.717, 1.165) is 38.1 Å². The molecule has 2 N–H and O–H groups in total. The van der Waals surface area contributed by atoms with Gasteiger partial charge in [0.25, 0.3) is 0 Å². The molecule has 1 atom stereocenters. The lowest BCUT2D eigenvalue weighted by molar-refractivity contribution is 0.116. The first-order valence-corrected chi connectivity index (χ1v) is 7.02. The molecule has 1 aliphatic carbocycles. The van der Waals surface area contributed by atoms with Gasteiger partial charge in [0.2, 0.25) is 0 Å². The predicted molar refractivity (Wildman–Crippen MR) is 76.0 cm³/mol. The molecule has 2 aliphatic rings. The van der Waals surface area contributed by atoms with E-state index in [4.69, 9.17) is 0 Å². The van der Waals surface area contributed by atoms with E-state index in [-0.39, 0.29) is 0 Å². The second kappa shape index (κ2) is 6.38. The molecule has 5 heteroatoms. The van der Waals surface area contributed by atoms with Gasteiger partial charge in [-0.1, -0.05) is 0 Å². The monoisotopic (exact) mass is 253 g/mol. The molecule has 0 spiro atoms. The van der Waals surface area contributed by atoms with Crippen molar-refractivity contribution in [1.82, 2.24) is 20.4 Å². The van der Waals surface area contributed by atoms with Gasteiger partial charge < -0.3 is 15.5 Å². The fraction of sp³-hybridized carbons (Fsp3) is 0.923. The van der Waals surface area contributed by atoms with E-state index in [1.165, 1.54) is 19.4 Å². The van der Waals surface area contributed by atoms with Crippen molar-refractivity contribution in [1.29, 1.82) is 0 Å². The van der Waals surface area contributed by atoms with Gasteiger partial charge in [-0.2, -0.15) is 0 Å². The lowest BCUT2D eigenvalue weighted by atomic mass is 10.2. The van der Waals surface area contributed by atoms with Crippen molar-refractivity contribution in [2.75, 3.05) is 53.9 Å². The van der Waals surface area contributed by atoms with Gasteiger partial charge in [-0.05, 0) is 32.9 Å².